The molecule has 0 fully saturated rings. The third-order valence-corrected chi connectivity index (χ3v) is 3.29. The molecule has 0 bridgehead atoms. The molecule has 0 aromatic heterocycles. The molecule has 0 aliphatic carbocycles. The molecule has 0 spiro atoms. The van der Waals surface area contributed by atoms with Crippen LogP contribution in [-0.2, 0) is 4.79 Å². The first-order valence-electron chi connectivity index (χ1n) is 5.02. The van der Waals surface area contributed by atoms with Crippen LogP contribution in [0.15, 0.2) is 30.3 Å². The lowest BCUT2D eigenvalue weighted by Crippen LogP contribution is -2.27. The minimum absolute atomic E-state index is 0.244. The molecule has 0 unspecified atom stereocenters. The van der Waals surface area contributed by atoms with Crippen LogP contribution in [0.5, 0.6) is 0 Å². The van der Waals surface area contributed by atoms with Crippen LogP contribution in [0.25, 0.3) is 0 Å². The van der Waals surface area contributed by atoms with Crippen molar-refractivity contribution in [3.63, 3.8) is 0 Å². The monoisotopic (exact) mass is 190 g/mol. The van der Waals surface area contributed by atoms with E-state index >= 15 is 0 Å². The fourth-order valence-corrected chi connectivity index (χ4v) is 1.46. The Balaban J connectivity index is 2.96. The fourth-order valence-electron chi connectivity index (χ4n) is 1.46. The smallest absolute Gasteiger partial charge is 0.136 e. The average molecular weight is 190 g/mol. The number of benzene rings is 1. The number of hydrogen-bond donors (Lipinski definition) is 0. The second-order valence-corrected chi connectivity index (χ2v) is 4.41. The number of ketones is 1. The molecule has 1 aromatic rings. The molecule has 0 saturated carbocycles. The minimum atomic E-state index is -0.276. The van der Waals surface area contributed by atoms with Crippen molar-refractivity contribution in [2.75, 3.05) is 0 Å². The third kappa shape index (κ3) is 2.03. The molecule has 1 aromatic carbocycles. The lowest BCUT2D eigenvalue weighted by molar-refractivity contribution is -0.125. The average Bonchev–Trinajstić information content (AvgIpc) is 2.17. The summed E-state index contributed by atoms with van der Waals surface area (Å²) in [6.45, 7) is 7.79. The van der Waals surface area contributed by atoms with E-state index in [4.69, 9.17) is 0 Å². The summed E-state index contributed by atoms with van der Waals surface area (Å²) < 4.78 is 0. The van der Waals surface area contributed by atoms with Gasteiger partial charge in [-0.2, -0.15) is 0 Å². The van der Waals surface area contributed by atoms with Crippen molar-refractivity contribution in [2.45, 2.75) is 33.6 Å². The Bertz CT molecular complexity index is 311. The second kappa shape index (κ2) is 3.95. The first kappa shape index (κ1) is 11.0. The standard InChI is InChI=1S/C13H18O/c1-10(13(3,4)11(2)14)12-8-6-5-7-9-12/h5-10H,1-4H3/t10-/m1/s1. The molecule has 76 valence electrons. The highest BCUT2D eigenvalue weighted by Gasteiger charge is 2.31. The van der Waals surface area contributed by atoms with Crippen molar-refractivity contribution in [3.8, 4) is 0 Å². The van der Waals surface area contributed by atoms with Crippen LogP contribution in [0.3, 0.4) is 0 Å². The fraction of sp³-hybridized carbons (Fsp3) is 0.462. The molecule has 0 saturated heterocycles. The van der Waals surface area contributed by atoms with Gasteiger partial charge in [0.25, 0.3) is 0 Å². The van der Waals surface area contributed by atoms with Gasteiger partial charge in [-0.3, -0.25) is 4.79 Å². The first-order valence-corrected chi connectivity index (χ1v) is 5.02. The van der Waals surface area contributed by atoms with Crippen LogP contribution in [0, 0.1) is 5.41 Å². The van der Waals surface area contributed by atoms with Gasteiger partial charge in [0.05, 0.1) is 0 Å². The minimum Gasteiger partial charge on any atom is -0.299 e. The van der Waals surface area contributed by atoms with Gasteiger partial charge < -0.3 is 0 Å². The van der Waals surface area contributed by atoms with E-state index in [-0.39, 0.29) is 17.1 Å². The van der Waals surface area contributed by atoms with E-state index in [0.29, 0.717) is 0 Å². The Kier molecular flexibility index (Phi) is 3.10. The predicted octanol–water partition coefficient (Wildman–Crippen LogP) is 3.41. The van der Waals surface area contributed by atoms with Gasteiger partial charge in [0, 0.05) is 5.41 Å². The maximum atomic E-state index is 11.5. The Labute approximate surface area is 86.1 Å². The lowest BCUT2D eigenvalue weighted by Gasteiger charge is -2.29. The first-order chi connectivity index (χ1) is 6.46. The molecule has 1 rings (SSSR count). The van der Waals surface area contributed by atoms with E-state index in [0.717, 1.165) is 0 Å². The summed E-state index contributed by atoms with van der Waals surface area (Å²) in [5.41, 5.74) is 0.953. The largest absolute Gasteiger partial charge is 0.299 e. The van der Waals surface area contributed by atoms with Crippen LogP contribution in [-0.4, -0.2) is 5.78 Å². The highest BCUT2D eigenvalue weighted by Crippen LogP contribution is 2.35. The summed E-state index contributed by atoms with van der Waals surface area (Å²) in [6.07, 6.45) is 0. The van der Waals surface area contributed by atoms with Gasteiger partial charge in [-0.25, -0.2) is 0 Å². The molecular weight excluding hydrogens is 172 g/mol. The zero-order valence-electron chi connectivity index (χ0n) is 9.37. The molecule has 0 N–H and O–H groups in total. The number of hydrogen-bond acceptors (Lipinski definition) is 1. The Morgan fingerprint density at radius 1 is 1.21 bits per heavy atom. The van der Waals surface area contributed by atoms with Crippen molar-refractivity contribution >= 4 is 5.78 Å². The van der Waals surface area contributed by atoms with Crippen LogP contribution in [0.4, 0.5) is 0 Å². The highest BCUT2D eigenvalue weighted by atomic mass is 16.1. The molecule has 0 aliphatic rings. The predicted molar refractivity (Wildman–Crippen MR) is 59.3 cm³/mol. The summed E-state index contributed by atoms with van der Waals surface area (Å²) in [6, 6.07) is 10.2. The molecule has 1 atom stereocenters. The van der Waals surface area contributed by atoms with E-state index in [1.165, 1.54) is 5.56 Å². The summed E-state index contributed by atoms with van der Waals surface area (Å²) in [5, 5.41) is 0. The number of Topliss-reactive ketones (excluding diaryl/α,β-unsaturated/α-hetero) is 1. The number of carbonyl (C=O) groups is 1. The van der Waals surface area contributed by atoms with E-state index in [1.807, 2.05) is 32.0 Å². The van der Waals surface area contributed by atoms with Gasteiger partial charge in [0.1, 0.15) is 5.78 Å². The normalized spacial score (nSPS) is 13.7. The molecular formula is C13H18O. The SMILES string of the molecule is CC(=O)C(C)(C)[C@H](C)c1ccccc1. The van der Waals surface area contributed by atoms with E-state index < -0.39 is 0 Å². The summed E-state index contributed by atoms with van der Waals surface area (Å²) in [5.74, 6) is 0.509. The van der Waals surface area contributed by atoms with Gasteiger partial charge in [0.2, 0.25) is 0 Å². The van der Waals surface area contributed by atoms with Gasteiger partial charge in [-0.1, -0.05) is 51.1 Å². The molecule has 0 amide bonds. The van der Waals surface area contributed by atoms with Crippen LogP contribution >= 0.6 is 0 Å². The Hall–Kier alpha value is -1.11. The van der Waals surface area contributed by atoms with E-state index in [9.17, 15) is 4.79 Å². The van der Waals surface area contributed by atoms with Gasteiger partial charge in [0.15, 0.2) is 0 Å². The summed E-state index contributed by atoms with van der Waals surface area (Å²) in [7, 11) is 0. The highest BCUT2D eigenvalue weighted by molar-refractivity contribution is 5.82. The molecule has 0 heterocycles. The second-order valence-electron chi connectivity index (χ2n) is 4.41. The summed E-state index contributed by atoms with van der Waals surface area (Å²) in [4.78, 5) is 11.5. The molecule has 1 nitrogen and oxygen atoms in total. The zero-order chi connectivity index (χ0) is 10.8. The summed E-state index contributed by atoms with van der Waals surface area (Å²) >= 11 is 0. The topological polar surface area (TPSA) is 17.1 Å². The number of carbonyl (C=O) groups excluding carboxylic acids is 1. The van der Waals surface area contributed by atoms with Gasteiger partial charge in [-0.05, 0) is 18.4 Å². The van der Waals surface area contributed by atoms with Crippen LogP contribution in [0.1, 0.15) is 39.2 Å². The van der Waals surface area contributed by atoms with Crippen molar-refractivity contribution in [1.82, 2.24) is 0 Å². The Morgan fingerprint density at radius 2 is 1.71 bits per heavy atom. The van der Waals surface area contributed by atoms with Crippen LogP contribution in [0.2, 0.25) is 0 Å². The van der Waals surface area contributed by atoms with Gasteiger partial charge >= 0.3 is 0 Å². The maximum absolute atomic E-state index is 11.5. The van der Waals surface area contributed by atoms with Crippen molar-refractivity contribution < 1.29 is 4.79 Å². The van der Waals surface area contributed by atoms with Crippen molar-refractivity contribution in [3.05, 3.63) is 35.9 Å². The van der Waals surface area contributed by atoms with Crippen molar-refractivity contribution in [1.29, 1.82) is 0 Å². The molecule has 0 radical (unpaired) electrons. The third-order valence-electron chi connectivity index (χ3n) is 3.29. The number of rotatable bonds is 3. The van der Waals surface area contributed by atoms with Crippen molar-refractivity contribution in [2.24, 2.45) is 5.41 Å². The van der Waals surface area contributed by atoms with Crippen LogP contribution < -0.4 is 0 Å². The quantitative estimate of drug-likeness (QED) is 0.714. The molecule has 0 aliphatic heterocycles. The molecule has 14 heavy (non-hydrogen) atoms. The van der Waals surface area contributed by atoms with Gasteiger partial charge in [-0.15, -0.1) is 0 Å². The van der Waals surface area contributed by atoms with E-state index in [1.54, 1.807) is 6.92 Å². The molecule has 1 heteroatoms. The maximum Gasteiger partial charge on any atom is 0.136 e. The lowest BCUT2D eigenvalue weighted by atomic mass is 9.73. The Morgan fingerprint density at radius 3 is 2.14 bits per heavy atom. The van der Waals surface area contributed by atoms with E-state index in [2.05, 4.69) is 19.1 Å². The zero-order valence-corrected chi connectivity index (χ0v) is 9.37.